The Balaban J connectivity index is 2.59. The van der Waals surface area contributed by atoms with Crippen molar-refractivity contribution in [2.75, 3.05) is 13.6 Å². The fourth-order valence-electron chi connectivity index (χ4n) is 1.66. The molecule has 0 fully saturated rings. The molecular weight excluding hydrogens is 212 g/mol. The lowest BCUT2D eigenvalue weighted by atomic mass is 10.1. The van der Waals surface area contributed by atoms with E-state index in [1.54, 1.807) is 17.0 Å². The highest BCUT2D eigenvalue weighted by atomic mass is 16.2. The molecule has 1 aromatic rings. The van der Waals surface area contributed by atoms with Gasteiger partial charge in [0.2, 0.25) is 5.91 Å². The third-order valence-corrected chi connectivity index (χ3v) is 2.50. The van der Waals surface area contributed by atoms with Gasteiger partial charge < -0.3 is 4.90 Å². The molecule has 3 nitrogen and oxygen atoms in total. The largest absolute Gasteiger partial charge is 0.345 e. The highest BCUT2D eigenvalue weighted by molar-refractivity contribution is 5.78. The van der Waals surface area contributed by atoms with Crippen LogP contribution in [0.5, 0.6) is 0 Å². The Bertz CT molecular complexity index is 415. The van der Waals surface area contributed by atoms with Gasteiger partial charge in [-0.1, -0.05) is 26.0 Å². The molecule has 0 spiro atoms. The van der Waals surface area contributed by atoms with Gasteiger partial charge in [-0.05, 0) is 23.6 Å². The van der Waals surface area contributed by atoms with E-state index >= 15 is 0 Å². The smallest absolute Gasteiger partial charge is 0.226 e. The molecule has 3 heteroatoms. The minimum atomic E-state index is 0.114. The van der Waals surface area contributed by atoms with Gasteiger partial charge in [0.15, 0.2) is 0 Å². The number of carbonyl (C=O) groups is 1. The summed E-state index contributed by atoms with van der Waals surface area (Å²) in [6.45, 7) is 4.95. The number of nitrogens with zero attached hydrogens (tertiary/aromatic N) is 2. The average Bonchev–Trinajstić information content (AvgIpc) is 2.29. The third kappa shape index (κ3) is 4.28. The number of hydrogen-bond donors (Lipinski definition) is 0. The molecule has 0 saturated carbocycles. The van der Waals surface area contributed by atoms with Crippen molar-refractivity contribution in [2.45, 2.75) is 20.3 Å². The van der Waals surface area contributed by atoms with Crippen molar-refractivity contribution in [1.29, 1.82) is 5.26 Å². The molecule has 1 rings (SSSR count). The maximum atomic E-state index is 11.9. The zero-order valence-corrected chi connectivity index (χ0v) is 10.6. The summed E-state index contributed by atoms with van der Waals surface area (Å²) in [5, 5.41) is 8.67. The molecule has 0 aliphatic rings. The first-order valence-electron chi connectivity index (χ1n) is 5.76. The summed E-state index contributed by atoms with van der Waals surface area (Å²) in [6, 6.07) is 9.21. The van der Waals surface area contributed by atoms with Crippen LogP contribution in [0.4, 0.5) is 0 Å². The van der Waals surface area contributed by atoms with E-state index in [9.17, 15) is 4.79 Å². The van der Waals surface area contributed by atoms with Crippen molar-refractivity contribution in [3.63, 3.8) is 0 Å². The molecule has 17 heavy (non-hydrogen) atoms. The topological polar surface area (TPSA) is 44.1 Å². The lowest BCUT2D eigenvalue weighted by molar-refractivity contribution is -0.129. The van der Waals surface area contributed by atoms with Gasteiger partial charge in [-0.15, -0.1) is 0 Å². The quantitative estimate of drug-likeness (QED) is 0.796. The molecule has 0 atom stereocenters. The summed E-state index contributed by atoms with van der Waals surface area (Å²) in [4.78, 5) is 13.6. The summed E-state index contributed by atoms with van der Waals surface area (Å²) in [6.07, 6.45) is 0.398. The molecule has 0 aliphatic carbocycles. The van der Waals surface area contributed by atoms with Crippen molar-refractivity contribution < 1.29 is 4.79 Å². The van der Waals surface area contributed by atoms with E-state index in [2.05, 4.69) is 19.9 Å². The van der Waals surface area contributed by atoms with E-state index in [0.717, 1.165) is 12.1 Å². The first-order valence-corrected chi connectivity index (χ1v) is 5.76. The molecule has 0 heterocycles. The molecule has 90 valence electrons. The van der Waals surface area contributed by atoms with Crippen LogP contribution in [0.3, 0.4) is 0 Å². The SMILES string of the molecule is CC(C)CN(C)C(=O)Cc1ccc(C#N)cc1. The van der Waals surface area contributed by atoms with E-state index in [1.807, 2.05) is 19.2 Å². The standard InChI is InChI=1S/C14H18N2O/c1-11(2)10-16(3)14(17)8-12-4-6-13(9-15)7-5-12/h4-7,11H,8,10H2,1-3H3. The number of likely N-dealkylation sites (N-methyl/N-ethyl adjacent to an activating group) is 1. The van der Waals surface area contributed by atoms with E-state index in [0.29, 0.717) is 17.9 Å². The van der Waals surface area contributed by atoms with Crippen molar-refractivity contribution in [3.05, 3.63) is 35.4 Å². The maximum Gasteiger partial charge on any atom is 0.226 e. The Morgan fingerprint density at radius 3 is 2.41 bits per heavy atom. The van der Waals surface area contributed by atoms with E-state index < -0.39 is 0 Å². The molecular formula is C14H18N2O. The zero-order chi connectivity index (χ0) is 12.8. The molecule has 0 bridgehead atoms. The van der Waals surface area contributed by atoms with Gasteiger partial charge in [0.1, 0.15) is 0 Å². The Labute approximate surface area is 103 Å². The van der Waals surface area contributed by atoms with Crippen LogP contribution >= 0.6 is 0 Å². The normalized spacial score (nSPS) is 10.1. The van der Waals surface area contributed by atoms with E-state index in [4.69, 9.17) is 5.26 Å². The number of rotatable bonds is 4. The van der Waals surface area contributed by atoms with Crippen molar-refractivity contribution >= 4 is 5.91 Å². The van der Waals surface area contributed by atoms with Crippen LogP contribution in [0.15, 0.2) is 24.3 Å². The van der Waals surface area contributed by atoms with Crippen molar-refractivity contribution in [1.82, 2.24) is 4.90 Å². The number of nitriles is 1. The predicted octanol–water partition coefficient (Wildman–Crippen LogP) is 2.22. The Morgan fingerprint density at radius 1 is 1.35 bits per heavy atom. The van der Waals surface area contributed by atoms with Crippen LogP contribution in [0.1, 0.15) is 25.0 Å². The van der Waals surface area contributed by atoms with Crippen molar-refractivity contribution in [3.8, 4) is 6.07 Å². The lowest BCUT2D eigenvalue weighted by Crippen LogP contribution is -2.31. The van der Waals surface area contributed by atoms with Gasteiger partial charge in [-0.25, -0.2) is 0 Å². The van der Waals surface area contributed by atoms with Crippen molar-refractivity contribution in [2.24, 2.45) is 5.92 Å². The van der Waals surface area contributed by atoms with E-state index in [1.165, 1.54) is 0 Å². The first kappa shape index (κ1) is 13.2. The highest BCUT2D eigenvalue weighted by Gasteiger charge is 2.10. The van der Waals surface area contributed by atoms with Crippen LogP contribution in [0.25, 0.3) is 0 Å². The summed E-state index contributed by atoms with van der Waals surface area (Å²) in [5.41, 5.74) is 1.57. The highest BCUT2D eigenvalue weighted by Crippen LogP contribution is 2.06. The Hall–Kier alpha value is -1.82. The van der Waals surface area contributed by atoms with Gasteiger partial charge >= 0.3 is 0 Å². The van der Waals surface area contributed by atoms with Crippen LogP contribution in [-0.2, 0) is 11.2 Å². The minimum absolute atomic E-state index is 0.114. The molecule has 0 N–H and O–H groups in total. The molecule has 0 unspecified atom stereocenters. The summed E-state index contributed by atoms with van der Waals surface area (Å²) < 4.78 is 0. The average molecular weight is 230 g/mol. The second kappa shape index (κ2) is 6.05. The van der Waals surface area contributed by atoms with Gasteiger partial charge in [0, 0.05) is 13.6 Å². The Kier molecular flexibility index (Phi) is 4.71. The predicted molar refractivity (Wildman–Crippen MR) is 67.3 cm³/mol. The molecule has 0 aliphatic heterocycles. The van der Waals surface area contributed by atoms with E-state index in [-0.39, 0.29) is 5.91 Å². The Morgan fingerprint density at radius 2 is 1.94 bits per heavy atom. The second-order valence-electron chi connectivity index (χ2n) is 4.65. The number of hydrogen-bond acceptors (Lipinski definition) is 2. The number of benzene rings is 1. The lowest BCUT2D eigenvalue weighted by Gasteiger charge is -2.19. The summed E-state index contributed by atoms with van der Waals surface area (Å²) in [7, 11) is 1.83. The van der Waals surface area contributed by atoms with Crippen LogP contribution < -0.4 is 0 Å². The molecule has 1 aromatic carbocycles. The second-order valence-corrected chi connectivity index (χ2v) is 4.65. The monoisotopic (exact) mass is 230 g/mol. The molecule has 1 amide bonds. The molecule has 0 radical (unpaired) electrons. The summed E-state index contributed by atoms with van der Waals surface area (Å²) >= 11 is 0. The fourth-order valence-corrected chi connectivity index (χ4v) is 1.66. The number of amides is 1. The maximum absolute atomic E-state index is 11.9. The van der Waals surface area contributed by atoms with Gasteiger partial charge in [-0.3, -0.25) is 4.79 Å². The zero-order valence-electron chi connectivity index (χ0n) is 10.6. The third-order valence-electron chi connectivity index (χ3n) is 2.50. The summed E-state index contributed by atoms with van der Waals surface area (Å²) in [5.74, 6) is 0.591. The molecule has 0 saturated heterocycles. The minimum Gasteiger partial charge on any atom is -0.345 e. The van der Waals surface area contributed by atoms with Crippen LogP contribution in [-0.4, -0.2) is 24.4 Å². The van der Waals surface area contributed by atoms with Gasteiger partial charge in [0.05, 0.1) is 18.1 Å². The fraction of sp³-hybridized carbons (Fsp3) is 0.429. The molecule has 0 aromatic heterocycles. The van der Waals surface area contributed by atoms with Gasteiger partial charge in [0.25, 0.3) is 0 Å². The van der Waals surface area contributed by atoms with Crippen LogP contribution in [0, 0.1) is 17.2 Å². The van der Waals surface area contributed by atoms with Gasteiger partial charge in [-0.2, -0.15) is 5.26 Å². The first-order chi connectivity index (χ1) is 8.02. The number of carbonyl (C=O) groups excluding carboxylic acids is 1. The van der Waals surface area contributed by atoms with Crippen LogP contribution in [0.2, 0.25) is 0 Å².